The zero-order valence-corrected chi connectivity index (χ0v) is 17.8. The van der Waals surface area contributed by atoms with Crippen LogP contribution in [0.5, 0.6) is 0 Å². The summed E-state index contributed by atoms with van der Waals surface area (Å²) in [5, 5.41) is 25.7. The summed E-state index contributed by atoms with van der Waals surface area (Å²) in [5.74, 6) is -2.35. The van der Waals surface area contributed by atoms with Crippen molar-refractivity contribution in [3.8, 4) is 0 Å². The van der Waals surface area contributed by atoms with Crippen LogP contribution in [0.3, 0.4) is 0 Å². The van der Waals surface area contributed by atoms with Crippen LogP contribution in [0.25, 0.3) is 20.4 Å². The topological polar surface area (TPSA) is 124 Å². The van der Waals surface area contributed by atoms with Gasteiger partial charge >= 0.3 is 11.9 Å². The number of fused-ring (bicyclic) bond motifs is 2. The van der Waals surface area contributed by atoms with Gasteiger partial charge in [0.2, 0.25) is 0 Å². The van der Waals surface area contributed by atoms with Gasteiger partial charge in [0.15, 0.2) is 0 Å². The third-order valence-electron chi connectivity index (χ3n) is 4.84. The highest BCUT2D eigenvalue weighted by Gasteiger charge is 2.19. The minimum Gasteiger partial charge on any atom is -0.478 e. The molecule has 0 aliphatic heterocycles. The molecule has 0 amide bonds. The lowest BCUT2D eigenvalue weighted by molar-refractivity contribution is 0.0683. The summed E-state index contributed by atoms with van der Waals surface area (Å²) in [7, 11) is 0. The quantitative estimate of drug-likeness (QED) is 0.250. The normalized spacial score (nSPS) is 11.0. The van der Waals surface area contributed by atoms with Crippen LogP contribution in [0.1, 0.15) is 20.7 Å². The van der Waals surface area contributed by atoms with Crippen LogP contribution in [0, 0.1) is 0 Å². The smallest absolute Gasteiger partial charge is 0.337 e. The summed E-state index contributed by atoms with van der Waals surface area (Å²) < 4.78 is 1.86. The molecule has 0 unspecified atom stereocenters. The molecule has 3 aromatic carbocycles. The number of hydrogen-bond acceptors (Lipinski definition) is 8. The number of benzene rings is 3. The number of hydrogen-bond donors (Lipinski definition) is 4. The SMILES string of the molecule is O=C(O)c1cc(Nc2ccc3ncsc3c2)c(C(=O)O)cc1Nc1ccc2ncsc2c1. The predicted octanol–water partition coefficient (Wildman–Crippen LogP) is 5.79. The van der Waals surface area contributed by atoms with Gasteiger partial charge in [0, 0.05) is 11.4 Å². The summed E-state index contributed by atoms with van der Waals surface area (Å²) in [6, 6.07) is 13.5. The first-order chi connectivity index (χ1) is 15.5. The number of carboxylic acids is 2. The Morgan fingerprint density at radius 1 is 0.688 bits per heavy atom. The van der Waals surface area contributed by atoms with Crippen molar-refractivity contribution in [3.63, 3.8) is 0 Å². The molecule has 0 spiro atoms. The molecule has 0 bridgehead atoms. The number of thiazole rings is 2. The van der Waals surface area contributed by atoms with Crippen molar-refractivity contribution >= 4 is 77.8 Å². The fourth-order valence-corrected chi connectivity index (χ4v) is 4.77. The standard InChI is InChI=1S/C22H14N4O4S2/c27-21(28)13-8-18(26-12-2-4-16-20(6-12)32-10-24-16)14(22(29)30)7-17(13)25-11-1-3-15-19(5-11)31-9-23-15/h1-10,25-26H,(H,27,28)(H,29,30). The molecule has 10 heteroatoms. The fourth-order valence-electron chi connectivity index (χ4n) is 3.34. The van der Waals surface area contributed by atoms with Crippen LogP contribution in [-0.2, 0) is 0 Å². The van der Waals surface area contributed by atoms with E-state index in [1.165, 1.54) is 34.8 Å². The fraction of sp³-hybridized carbons (Fsp3) is 0. The molecule has 0 aliphatic rings. The molecule has 32 heavy (non-hydrogen) atoms. The van der Waals surface area contributed by atoms with E-state index < -0.39 is 11.9 Å². The summed E-state index contributed by atoms with van der Waals surface area (Å²) >= 11 is 2.92. The first-order valence-electron chi connectivity index (χ1n) is 9.33. The Hall–Kier alpha value is -4.02. The summed E-state index contributed by atoms with van der Waals surface area (Å²) in [6.07, 6.45) is 0. The van der Waals surface area contributed by atoms with Gasteiger partial charge in [0.1, 0.15) is 0 Å². The average molecular weight is 463 g/mol. The molecule has 5 rings (SSSR count). The number of carboxylic acid groups (broad SMARTS) is 2. The Morgan fingerprint density at radius 2 is 1.12 bits per heavy atom. The second kappa shape index (κ2) is 7.91. The van der Waals surface area contributed by atoms with Crippen molar-refractivity contribution in [2.24, 2.45) is 0 Å². The molecule has 158 valence electrons. The Labute approximate surface area is 188 Å². The van der Waals surface area contributed by atoms with Gasteiger partial charge in [-0.15, -0.1) is 22.7 Å². The van der Waals surface area contributed by atoms with E-state index >= 15 is 0 Å². The molecule has 0 atom stereocenters. The molecule has 0 aliphatic carbocycles. The van der Waals surface area contributed by atoms with E-state index in [2.05, 4.69) is 20.6 Å². The minimum atomic E-state index is -1.18. The van der Waals surface area contributed by atoms with Crippen LogP contribution in [0.15, 0.2) is 59.6 Å². The highest BCUT2D eigenvalue weighted by Crippen LogP contribution is 2.32. The highest BCUT2D eigenvalue weighted by atomic mass is 32.1. The first-order valence-corrected chi connectivity index (χ1v) is 11.1. The lowest BCUT2D eigenvalue weighted by Gasteiger charge is -2.16. The van der Waals surface area contributed by atoms with Crippen molar-refractivity contribution < 1.29 is 19.8 Å². The van der Waals surface area contributed by atoms with Crippen molar-refractivity contribution in [3.05, 3.63) is 70.7 Å². The summed E-state index contributed by atoms with van der Waals surface area (Å²) in [4.78, 5) is 32.4. The summed E-state index contributed by atoms with van der Waals surface area (Å²) in [6.45, 7) is 0. The maximum Gasteiger partial charge on any atom is 0.337 e. The van der Waals surface area contributed by atoms with E-state index in [4.69, 9.17) is 0 Å². The molecule has 5 aromatic rings. The van der Waals surface area contributed by atoms with Crippen molar-refractivity contribution in [2.75, 3.05) is 10.6 Å². The van der Waals surface area contributed by atoms with Gasteiger partial charge in [0.05, 0.1) is 54.0 Å². The van der Waals surface area contributed by atoms with Crippen molar-refractivity contribution in [1.82, 2.24) is 9.97 Å². The lowest BCUT2D eigenvalue weighted by Crippen LogP contribution is -2.09. The molecule has 4 N–H and O–H groups in total. The molecule has 2 aromatic heterocycles. The van der Waals surface area contributed by atoms with E-state index in [-0.39, 0.29) is 22.5 Å². The van der Waals surface area contributed by atoms with E-state index in [9.17, 15) is 19.8 Å². The third kappa shape index (κ3) is 3.72. The Kier molecular flexibility index (Phi) is 4.92. The van der Waals surface area contributed by atoms with Crippen LogP contribution in [0.2, 0.25) is 0 Å². The Bertz CT molecular complexity index is 1390. The van der Waals surface area contributed by atoms with E-state index in [1.807, 2.05) is 24.3 Å². The molecule has 8 nitrogen and oxygen atoms in total. The lowest BCUT2D eigenvalue weighted by atomic mass is 10.0. The van der Waals surface area contributed by atoms with Gasteiger partial charge in [-0.3, -0.25) is 0 Å². The molecular weight excluding hydrogens is 448 g/mol. The highest BCUT2D eigenvalue weighted by molar-refractivity contribution is 7.17. The average Bonchev–Trinajstić information content (AvgIpc) is 3.42. The summed E-state index contributed by atoms with van der Waals surface area (Å²) in [5.41, 5.74) is 6.65. The van der Waals surface area contributed by atoms with Crippen LogP contribution >= 0.6 is 22.7 Å². The number of anilines is 4. The second-order valence-electron chi connectivity index (χ2n) is 6.87. The zero-order valence-electron chi connectivity index (χ0n) is 16.2. The zero-order chi connectivity index (χ0) is 22.2. The number of aromatic nitrogens is 2. The molecule has 0 fully saturated rings. The number of nitrogens with one attached hydrogen (secondary N) is 2. The van der Waals surface area contributed by atoms with E-state index in [1.54, 1.807) is 23.2 Å². The van der Waals surface area contributed by atoms with Gasteiger partial charge < -0.3 is 20.8 Å². The number of rotatable bonds is 6. The largest absolute Gasteiger partial charge is 0.478 e. The van der Waals surface area contributed by atoms with E-state index in [0.717, 1.165) is 20.4 Å². The number of aromatic carboxylic acids is 2. The second-order valence-corrected chi connectivity index (χ2v) is 8.65. The predicted molar refractivity (Wildman–Crippen MR) is 126 cm³/mol. The molecule has 2 heterocycles. The van der Waals surface area contributed by atoms with Crippen LogP contribution in [0.4, 0.5) is 22.7 Å². The van der Waals surface area contributed by atoms with Crippen molar-refractivity contribution in [2.45, 2.75) is 0 Å². The third-order valence-corrected chi connectivity index (χ3v) is 6.42. The number of nitrogens with zero attached hydrogens (tertiary/aromatic N) is 2. The van der Waals surface area contributed by atoms with Gasteiger partial charge in [0.25, 0.3) is 0 Å². The van der Waals surface area contributed by atoms with Gasteiger partial charge in [-0.05, 0) is 48.5 Å². The van der Waals surface area contributed by atoms with Crippen LogP contribution in [-0.4, -0.2) is 32.1 Å². The monoisotopic (exact) mass is 462 g/mol. The number of carbonyl (C=O) groups is 2. The first kappa shape index (κ1) is 19.9. The Morgan fingerprint density at radius 3 is 1.53 bits per heavy atom. The van der Waals surface area contributed by atoms with E-state index in [0.29, 0.717) is 11.4 Å². The van der Waals surface area contributed by atoms with Crippen LogP contribution < -0.4 is 10.6 Å². The molecule has 0 radical (unpaired) electrons. The maximum atomic E-state index is 12.0. The maximum absolute atomic E-state index is 12.0. The minimum absolute atomic E-state index is 0.0548. The molecular formula is C22H14N4O4S2. The Balaban J connectivity index is 1.55. The molecule has 0 saturated heterocycles. The van der Waals surface area contributed by atoms with Gasteiger partial charge in [-0.25, -0.2) is 19.6 Å². The van der Waals surface area contributed by atoms with Crippen molar-refractivity contribution in [1.29, 1.82) is 0 Å². The van der Waals surface area contributed by atoms with Gasteiger partial charge in [-0.2, -0.15) is 0 Å². The molecule has 0 saturated carbocycles. The van der Waals surface area contributed by atoms with Gasteiger partial charge in [-0.1, -0.05) is 0 Å².